The van der Waals surface area contributed by atoms with E-state index in [2.05, 4.69) is 39.6 Å². The molecule has 23 heavy (non-hydrogen) atoms. The summed E-state index contributed by atoms with van der Waals surface area (Å²) in [5, 5.41) is 10.4. The summed E-state index contributed by atoms with van der Waals surface area (Å²) in [5.41, 5.74) is 0. The van der Waals surface area contributed by atoms with Gasteiger partial charge in [-0.25, -0.2) is 0 Å². The van der Waals surface area contributed by atoms with Gasteiger partial charge in [-0.05, 0) is 20.3 Å². The van der Waals surface area contributed by atoms with Crippen molar-refractivity contribution in [3.63, 3.8) is 0 Å². The fraction of sp³-hybridized carbons (Fsp3) is 0.824. The molecule has 1 aromatic heterocycles. The average molecular weight is 323 g/mol. The van der Waals surface area contributed by atoms with E-state index < -0.39 is 0 Å². The molecule has 0 aliphatic rings. The summed E-state index contributed by atoms with van der Waals surface area (Å²) in [5.74, 6) is 2.21. The van der Waals surface area contributed by atoms with E-state index in [0.717, 1.165) is 32.0 Å². The third-order valence-electron chi connectivity index (χ3n) is 3.58. The van der Waals surface area contributed by atoms with Crippen molar-refractivity contribution < 1.29 is 4.52 Å². The van der Waals surface area contributed by atoms with Gasteiger partial charge in [-0.2, -0.15) is 4.98 Å². The molecule has 0 atom stereocenters. The molecule has 1 heterocycles. The monoisotopic (exact) mass is 323 g/mol. The first-order chi connectivity index (χ1) is 11.3. The average Bonchev–Trinajstić information content (AvgIpc) is 2.95. The minimum absolute atomic E-state index is 0.665. The lowest BCUT2D eigenvalue weighted by Crippen LogP contribution is -2.38. The molecule has 0 fully saturated rings. The van der Waals surface area contributed by atoms with Gasteiger partial charge in [0.15, 0.2) is 11.8 Å². The second-order valence-corrected chi connectivity index (χ2v) is 5.79. The normalized spacial score (nSPS) is 11.7. The van der Waals surface area contributed by atoms with Gasteiger partial charge < -0.3 is 15.2 Å². The Kier molecular flexibility index (Phi) is 10.9. The van der Waals surface area contributed by atoms with Crippen LogP contribution in [0.1, 0.15) is 70.5 Å². The molecule has 0 amide bonds. The minimum Gasteiger partial charge on any atom is -0.357 e. The number of hydrogen-bond donors (Lipinski definition) is 2. The zero-order valence-corrected chi connectivity index (χ0v) is 15.0. The van der Waals surface area contributed by atoms with E-state index in [1.54, 1.807) is 0 Å². The Bertz CT molecular complexity index is 430. The molecule has 0 radical (unpaired) electrons. The van der Waals surface area contributed by atoms with E-state index in [-0.39, 0.29) is 0 Å². The first kappa shape index (κ1) is 19.5. The van der Waals surface area contributed by atoms with Crippen molar-refractivity contribution in [1.82, 2.24) is 20.8 Å². The van der Waals surface area contributed by atoms with Crippen LogP contribution >= 0.6 is 0 Å². The van der Waals surface area contributed by atoms with Gasteiger partial charge in [0.25, 0.3) is 0 Å². The van der Waals surface area contributed by atoms with Gasteiger partial charge in [0.1, 0.15) is 0 Å². The molecule has 0 saturated carbocycles. The van der Waals surface area contributed by atoms with E-state index in [9.17, 15) is 0 Å². The highest BCUT2D eigenvalue weighted by atomic mass is 16.5. The highest BCUT2D eigenvalue weighted by molar-refractivity contribution is 5.79. The van der Waals surface area contributed by atoms with Crippen LogP contribution in [0.2, 0.25) is 0 Å². The van der Waals surface area contributed by atoms with Crippen molar-refractivity contribution >= 4 is 5.96 Å². The molecule has 0 saturated heterocycles. The number of guanidine groups is 1. The number of nitrogens with zero attached hydrogens (tertiary/aromatic N) is 3. The lowest BCUT2D eigenvalue weighted by Gasteiger charge is -2.10. The predicted octanol–water partition coefficient (Wildman–Crippen LogP) is 3.23. The molecule has 6 heteroatoms. The lowest BCUT2D eigenvalue weighted by atomic mass is 10.1. The molecular weight excluding hydrogens is 290 g/mol. The molecule has 2 N–H and O–H groups in total. The van der Waals surface area contributed by atoms with E-state index >= 15 is 0 Å². The van der Waals surface area contributed by atoms with Gasteiger partial charge >= 0.3 is 0 Å². The maximum absolute atomic E-state index is 5.10. The highest BCUT2D eigenvalue weighted by Gasteiger charge is 2.03. The number of aromatic nitrogens is 2. The molecule has 0 bridgehead atoms. The van der Waals surface area contributed by atoms with Gasteiger partial charge in [-0.3, -0.25) is 4.99 Å². The van der Waals surface area contributed by atoms with Crippen molar-refractivity contribution in [2.45, 2.75) is 72.1 Å². The summed E-state index contributed by atoms with van der Waals surface area (Å²) < 4.78 is 5.10. The topological polar surface area (TPSA) is 75.3 Å². The number of aliphatic imine (C=N–C) groups is 1. The van der Waals surface area contributed by atoms with Crippen molar-refractivity contribution in [2.75, 3.05) is 19.6 Å². The number of rotatable bonds is 12. The van der Waals surface area contributed by atoms with Crippen LogP contribution in [0.25, 0.3) is 0 Å². The zero-order chi connectivity index (χ0) is 16.8. The van der Waals surface area contributed by atoms with Crippen LogP contribution in [0, 0.1) is 6.92 Å². The number of nitrogens with one attached hydrogen (secondary N) is 2. The fourth-order valence-electron chi connectivity index (χ4n) is 2.33. The molecule has 1 aromatic rings. The number of unbranched alkanes of at least 4 members (excludes halogenated alkanes) is 6. The summed E-state index contributed by atoms with van der Waals surface area (Å²) >= 11 is 0. The molecule has 0 aromatic carbocycles. The Labute approximate surface area is 140 Å². The first-order valence-electron chi connectivity index (χ1n) is 9.07. The Morgan fingerprint density at radius 2 is 1.78 bits per heavy atom. The van der Waals surface area contributed by atoms with E-state index in [1.807, 2.05) is 6.92 Å². The van der Waals surface area contributed by atoms with Crippen molar-refractivity contribution in [3.8, 4) is 0 Å². The summed E-state index contributed by atoms with van der Waals surface area (Å²) in [6, 6.07) is 0. The third-order valence-corrected chi connectivity index (χ3v) is 3.58. The number of aryl methyl sites for hydroxylation is 1. The zero-order valence-electron chi connectivity index (χ0n) is 15.0. The molecule has 0 unspecified atom stereocenters. The van der Waals surface area contributed by atoms with E-state index in [0.29, 0.717) is 18.1 Å². The Morgan fingerprint density at radius 1 is 1.04 bits per heavy atom. The van der Waals surface area contributed by atoms with Gasteiger partial charge in [-0.15, -0.1) is 0 Å². The van der Waals surface area contributed by atoms with Crippen LogP contribution in [0.4, 0.5) is 0 Å². The molecule has 0 aliphatic carbocycles. The molecule has 0 spiro atoms. The van der Waals surface area contributed by atoms with Gasteiger partial charge in [0, 0.05) is 26.1 Å². The van der Waals surface area contributed by atoms with E-state index in [1.165, 1.54) is 38.5 Å². The second-order valence-electron chi connectivity index (χ2n) is 5.79. The summed E-state index contributed by atoms with van der Waals surface area (Å²) in [4.78, 5) is 8.80. The van der Waals surface area contributed by atoms with Crippen LogP contribution in [0.3, 0.4) is 0 Å². The minimum atomic E-state index is 0.665. The molecular formula is C17H33N5O. The Morgan fingerprint density at radius 3 is 2.43 bits per heavy atom. The van der Waals surface area contributed by atoms with Crippen LogP contribution in [-0.2, 0) is 6.42 Å². The Hall–Kier alpha value is -1.59. The molecule has 6 nitrogen and oxygen atoms in total. The van der Waals surface area contributed by atoms with Gasteiger partial charge in [0.2, 0.25) is 5.89 Å². The summed E-state index contributed by atoms with van der Waals surface area (Å²) in [6.45, 7) is 8.64. The van der Waals surface area contributed by atoms with Crippen LogP contribution in [0.5, 0.6) is 0 Å². The van der Waals surface area contributed by atoms with Gasteiger partial charge in [-0.1, -0.05) is 50.6 Å². The summed E-state index contributed by atoms with van der Waals surface area (Å²) in [6.07, 6.45) is 9.88. The van der Waals surface area contributed by atoms with Crippen LogP contribution < -0.4 is 10.6 Å². The number of hydrogen-bond acceptors (Lipinski definition) is 4. The van der Waals surface area contributed by atoms with Crippen molar-refractivity contribution in [3.05, 3.63) is 11.7 Å². The van der Waals surface area contributed by atoms with Crippen molar-refractivity contribution in [2.24, 2.45) is 4.99 Å². The SMILES string of the molecule is CCCCCCCCCN=C(NCC)NCCc1nc(C)no1. The standard InChI is InChI=1S/C17H33N5O/c1-4-6-7-8-9-10-11-13-19-17(18-5-2)20-14-12-16-21-15(3)22-23-16/h4-14H2,1-3H3,(H2,18,19,20). The van der Waals surface area contributed by atoms with Crippen LogP contribution in [-0.4, -0.2) is 35.7 Å². The molecule has 0 aliphatic heterocycles. The second kappa shape index (κ2) is 12.9. The van der Waals surface area contributed by atoms with Gasteiger partial charge in [0.05, 0.1) is 0 Å². The Balaban J connectivity index is 2.14. The quantitative estimate of drug-likeness (QED) is 0.351. The lowest BCUT2D eigenvalue weighted by molar-refractivity contribution is 0.374. The molecule has 1 rings (SSSR count). The smallest absolute Gasteiger partial charge is 0.228 e. The van der Waals surface area contributed by atoms with Crippen molar-refractivity contribution in [1.29, 1.82) is 0 Å². The highest BCUT2D eigenvalue weighted by Crippen LogP contribution is 2.06. The third kappa shape index (κ3) is 9.92. The molecule has 132 valence electrons. The fourth-order valence-corrected chi connectivity index (χ4v) is 2.33. The predicted molar refractivity (Wildman–Crippen MR) is 94.7 cm³/mol. The largest absolute Gasteiger partial charge is 0.357 e. The van der Waals surface area contributed by atoms with E-state index in [4.69, 9.17) is 4.52 Å². The summed E-state index contributed by atoms with van der Waals surface area (Å²) in [7, 11) is 0. The maximum atomic E-state index is 5.10. The van der Waals surface area contributed by atoms with Crippen LogP contribution in [0.15, 0.2) is 9.52 Å². The first-order valence-corrected chi connectivity index (χ1v) is 9.07. The maximum Gasteiger partial charge on any atom is 0.228 e.